The minimum atomic E-state index is -0.104. The normalized spacial score (nSPS) is 14.9. The first kappa shape index (κ1) is 26.4. The maximum absolute atomic E-state index is 13.0. The zero-order valence-electron chi connectivity index (χ0n) is 21.9. The number of aromatic nitrogens is 2. The maximum Gasteiger partial charge on any atom is 0.253 e. The molecule has 2 amide bonds. The third-order valence-corrected chi connectivity index (χ3v) is 7.31. The number of nitrogens with zero attached hydrogens (tertiary/aromatic N) is 4. The van der Waals surface area contributed by atoms with E-state index in [2.05, 4.69) is 11.4 Å². The molecule has 1 saturated heterocycles. The average Bonchev–Trinajstić information content (AvgIpc) is 3.32. The lowest BCUT2D eigenvalue weighted by Crippen LogP contribution is -2.39. The number of likely N-dealkylation sites (tertiary alicyclic amines) is 1. The van der Waals surface area contributed by atoms with E-state index in [0.29, 0.717) is 36.6 Å². The number of piperidine rings is 1. The summed E-state index contributed by atoms with van der Waals surface area (Å²) >= 11 is 0. The molecule has 1 unspecified atom stereocenters. The molecular weight excluding hydrogens is 466 g/mol. The second kappa shape index (κ2) is 12.0. The number of carbonyl (C=O) groups excluding carboxylic acids is 2. The molecule has 194 valence electrons. The average molecular weight is 502 g/mol. The van der Waals surface area contributed by atoms with Gasteiger partial charge in [-0.1, -0.05) is 19.1 Å². The number of hydrogen-bond acceptors (Lipinski definition) is 5. The van der Waals surface area contributed by atoms with E-state index in [9.17, 15) is 9.59 Å². The molecular formula is C29H35N5O3. The van der Waals surface area contributed by atoms with Crippen molar-refractivity contribution in [3.63, 3.8) is 0 Å². The van der Waals surface area contributed by atoms with Crippen LogP contribution in [-0.4, -0.2) is 59.8 Å². The smallest absolute Gasteiger partial charge is 0.253 e. The summed E-state index contributed by atoms with van der Waals surface area (Å²) in [6, 6.07) is 13.6. The molecule has 1 aliphatic heterocycles. The number of methoxy groups -OCH3 is 1. The monoisotopic (exact) mass is 501 g/mol. The van der Waals surface area contributed by atoms with Gasteiger partial charge in [0.1, 0.15) is 0 Å². The minimum absolute atomic E-state index is 0.0645. The molecule has 8 heteroatoms. The SMILES string of the molecule is COCCNC(=O)c1ccc2nn(CC3CCN(C(=O)c4ccc(C(C)CC#N)cc4)CC3)cc2c1C. The van der Waals surface area contributed by atoms with Gasteiger partial charge in [-0.25, -0.2) is 0 Å². The molecule has 0 bridgehead atoms. The van der Waals surface area contributed by atoms with E-state index >= 15 is 0 Å². The first-order valence-corrected chi connectivity index (χ1v) is 12.9. The molecule has 4 rings (SSSR count). The zero-order chi connectivity index (χ0) is 26.4. The summed E-state index contributed by atoms with van der Waals surface area (Å²) in [5.41, 5.74) is 4.24. The number of nitrogens with one attached hydrogen (secondary N) is 1. The number of hydrogen-bond donors (Lipinski definition) is 1. The highest BCUT2D eigenvalue weighted by molar-refractivity contribution is 6.00. The molecule has 2 heterocycles. The number of amides is 2. The summed E-state index contributed by atoms with van der Waals surface area (Å²) in [4.78, 5) is 27.5. The Balaban J connectivity index is 1.34. The van der Waals surface area contributed by atoms with Crippen LogP contribution in [0.1, 0.15) is 63.9 Å². The van der Waals surface area contributed by atoms with Crippen molar-refractivity contribution in [3.05, 3.63) is 64.8 Å². The van der Waals surface area contributed by atoms with Crippen LogP contribution in [0.25, 0.3) is 10.9 Å². The highest BCUT2D eigenvalue weighted by Crippen LogP contribution is 2.25. The Hall–Kier alpha value is -3.70. The van der Waals surface area contributed by atoms with E-state index in [4.69, 9.17) is 15.1 Å². The van der Waals surface area contributed by atoms with Crippen LogP contribution < -0.4 is 5.32 Å². The molecule has 1 aliphatic rings. The Morgan fingerprint density at radius 1 is 1.19 bits per heavy atom. The van der Waals surface area contributed by atoms with Crippen LogP contribution in [-0.2, 0) is 11.3 Å². The Labute approximate surface area is 218 Å². The van der Waals surface area contributed by atoms with E-state index < -0.39 is 0 Å². The number of nitriles is 1. The fraction of sp³-hybridized carbons (Fsp3) is 0.448. The number of fused-ring (bicyclic) bond motifs is 1. The largest absolute Gasteiger partial charge is 0.383 e. The summed E-state index contributed by atoms with van der Waals surface area (Å²) in [5.74, 6) is 0.559. The zero-order valence-corrected chi connectivity index (χ0v) is 21.9. The van der Waals surface area contributed by atoms with Crippen LogP contribution in [0.15, 0.2) is 42.6 Å². The summed E-state index contributed by atoms with van der Waals surface area (Å²) in [5, 5.41) is 17.5. The Morgan fingerprint density at radius 2 is 1.92 bits per heavy atom. The molecule has 1 fully saturated rings. The van der Waals surface area contributed by atoms with E-state index in [-0.39, 0.29) is 17.7 Å². The van der Waals surface area contributed by atoms with Crippen molar-refractivity contribution in [1.29, 1.82) is 5.26 Å². The molecule has 1 aromatic heterocycles. The number of ether oxygens (including phenoxy) is 1. The summed E-state index contributed by atoms with van der Waals surface area (Å²) in [6.45, 7) is 7.17. The quantitative estimate of drug-likeness (QED) is 0.441. The number of aryl methyl sites for hydroxylation is 1. The fourth-order valence-electron chi connectivity index (χ4n) is 4.96. The van der Waals surface area contributed by atoms with Crippen molar-refractivity contribution < 1.29 is 14.3 Å². The first-order chi connectivity index (χ1) is 17.9. The summed E-state index contributed by atoms with van der Waals surface area (Å²) < 4.78 is 6.99. The predicted molar refractivity (Wildman–Crippen MR) is 142 cm³/mol. The third kappa shape index (κ3) is 6.17. The molecule has 3 aromatic rings. The molecule has 2 aromatic carbocycles. The Kier molecular flexibility index (Phi) is 8.57. The fourth-order valence-corrected chi connectivity index (χ4v) is 4.96. The predicted octanol–water partition coefficient (Wildman–Crippen LogP) is 4.29. The highest BCUT2D eigenvalue weighted by Gasteiger charge is 2.24. The van der Waals surface area contributed by atoms with Gasteiger partial charge in [0.05, 0.1) is 18.2 Å². The number of carbonyl (C=O) groups is 2. The maximum atomic E-state index is 13.0. The van der Waals surface area contributed by atoms with Crippen LogP contribution in [0.4, 0.5) is 0 Å². The Bertz CT molecular complexity index is 1280. The second-order valence-electron chi connectivity index (χ2n) is 9.89. The van der Waals surface area contributed by atoms with E-state index in [1.807, 2.05) is 66.0 Å². The van der Waals surface area contributed by atoms with Gasteiger partial charge in [0.2, 0.25) is 0 Å². The molecule has 0 radical (unpaired) electrons. The van der Waals surface area contributed by atoms with Crippen LogP contribution in [0.5, 0.6) is 0 Å². The van der Waals surface area contributed by atoms with Gasteiger partial charge < -0.3 is 15.0 Å². The lowest BCUT2D eigenvalue weighted by molar-refractivity contribution is 0.0681. The molecule has 0 saturated carbocycles. The summed E-state index contributed by atoms with van der Waals surface area (Å²) in [6.07, 6.45) is 4.34. The molecule has 8 nitrogen and oxygen atoms in total. The van der Waals surface area contributed by atoms with Crippen molar-refractivity contribution in [3.8, 4) is 6.07 Å². The van der Waals surface area contributed by atoms with Gasteiger partial charge in [-0.15, -0.1) is 0 Å². The van der Waals surface area contributed by atoms with Crippen molar-refractivity contribution in [1.82, 2.24) is 20.0 Å². The molecule has 1 N–H and O–H groups in total. The minimum Gasteiger partial charge on any atom is -0.383 e. The molecule has 0 aliphatic carbocycles. The van der Waals surface area contributed by atoms with Gasteiger partial charge in [-0.3, -0.25) is 14.3 Å². The molecule has 37 heavy (non-hydrogen) atoms. The molecule has 1 atom stereocenters. The topological polar surface area (TPSA) is 100 Å². The van der Waals surface area contributed by atoms with Gasteiger partial charge in [0.25, 0.3) is 11.8 Å². The van der Waals surface area contributed by atoms with Crippen molar-refractivity contribution >= 4 is 22.7 Å². The lowest BCUT2D eigenvalue weighted by Gasteiger charge is -2.32. The second-order valence-corrected chi connectivity index (χ2v) is 9.89. The van der Waals surface area contributed by atoms with Gasteiger partial charge in [0, 0.05) is 62.4 Å². The van der Waals surface area contributed by atoms with Crippen molar-refractivity contribution in [2.45, 2.75) is 45.6 Å². The number of benzene rings is 2. The van der Waals surface area contributed by atoms with E-state index in [1.54, 1.807) is 7.11 Å². The molecule has 0 spiro atoms. The van der Waals surface area contributed by atoms with Gasteiger partial charge in [-0.05, 0) is 67.0 Å². The van der Waals surface area contributed by atoms with E-state index in [1.165, 1.54) is 0 Å². The standard InChI is InChI=1S/C29H35N5O3/c1-20(10-13-30)23-4-6-24(7-5-23)29(36)33-15-11-22(12-16-33)18-34-19-26-21(2)25(8-9-27(26)32-34)28(35)31-14-17-37-3/h4-9,19-20,22H,10-12,14-18H2,1-3H3,(H,31,35). The van der Waals surface area contributed by atoms with Crippen molar-refractivity contribution in [2.24, 2.45) is 5.92 Å². The lowest BCUT2D eigenvalue weighted by atomic mass is 9.95. The van der Waals surface area contributed by atoms with Crippen LogP contribution in [0, 0.1) is 24.2 Å². The first-order valence-electron chi connectivity index (χ1n) is 12.9. The number of rotatable bonds is 9. The third-order valence-electron chi connectivity index (χ3n) is 7.31. The van der Waals surface area contributed by atoms with Gasteiger partial charge >= 0.3 is 0 Å². The van der Waals surface area contributed by atoms with E-state index in [0.717, 1.165) is 54.5 Å². The Morgan fingerprint density at radius 3 is 2.59 bits per heavy atom. The summed E-state index contributed by atoms with van der Waals surface area (Å²) in [7, 11) is 1.61. The van der Waals surface area contributed by atoms with Crippen LogP contribution >= 0.6 is 0 Å². The van der Waals surface area contributed by atoms with Crippen molar-refractivity contribution in [2.75, 3.05) is 33.4 Å². The van der Waals surface area contributed by atoms with Crippen LogP contribution in [0.2, 0.25) is 0 Å². The van der Waals surface area contributed by atoms with Crippen LogP contribution in [0.3, 0.4) is 0 Å². The highest BCUT2D eigenvalue weighted by atomic mass is 16.5. The van der Waals surface area contributed by atoms with Gasteiger partial charge in [0.15, 0.2) is 0 Å². The van der Waals surface area contributed by atoms with Gasteiger partial charge in [-0.2, -0.15) is 10.4 Å².